The second-order valence-electron chi connectivity index (χ2n) is 5.16. The van der Waals surface area contributed by atoms with Gasteiger partial charge in [0.25, 0.3) is 0 Å². The van der Waals surface area contributed by atoms with Crippen LogP contribution in [0.15, 0.2) is 35.7 Å². The lowest BCUT2D eigenvalue weighted by molar-refractivity contribution is 0.112. The largest absolute Gasteiger partial charge is 0.297 e. The van der Waals surface area contributed by atoms with E-state index in [1.54, 1.807) is 0 Å². The molecule has 2 aromatic rings. The topological polar surface area (TPSA) is 17.1 Å². The number of carbonyl (C=O) groups excluding carboxylic acids is 1. The third kappa shape index (κ3) is 2.24. The molecule has 0 amide bonds. The number of carbonyl (C=O) groups is 1. The maximum absolute atomic E-state index is 10.9. The molecule has 1 aliphatic rings. The lowest BCUT2D eigenvalue weighted by atomic mass is 9.74. The van der Waals surface area contributed by atoms with Gasteiger partial charge in [0.1, 0.15) is 0 Å². The molecule has 1 aromatic carbocycles. The van der Waals surface area contributed by atoms with Crippen molar-refractivity contribution in [1.29, 1.82) is 0 Å². The van der Waals surface area contributed by atoms with Crippen LogP contribution in [0.5, 0.6) is 0 Å². The van der Waals surface area contributed by atoms with Crippen LogP contribution in [-0.4, -0.2) is 6.29 Å². The first-order valence-electron chi connectivity index (χ1n) is 6.55. The summed E-state index contributed by atoms with van der Waals surface area (Å²) in [6.45, 7) is 0. The summed E-state index contributed by atoms with van der Waals surface area (Å²) in [4.78, 5) is 11.7. The third-order valence-corrected chi connectivity index (χ3v) is 5.22. The molecule has 1 aromatic heterocycles. The summed E-state index contributed by atoms with van der Waals surface area (Å²) < 4.78 is 0. The average Bonchev–Trinajstić information content (AvgIpc) is 3.08. The Balaban J connectivity index is 2.11. The lowest BCUT2D eigenvalue weighted by Gasteiger charge is -2.29. The Morgan fingerprint density at radius 1 is 1.16 bits per heavy atom. The van der Waals surface area contributed by atoms with Gasteiger partial charge in [-0.3, -0.25) is 4.79 Å². The third-order valence-electron chi connectivity index (χ3n) is 4.12. The van der Waals surface area contributed by atoms with E-state index in [0.717, 1.165) is 29.0 Å². The molecule has 1 saturated carbocycles. The Labute approximate surface area is 122 Å². The maximum atomic E-state index is 10.9. The molecule has 19 heavy (non-hydrogen) atoms. The molecule has 1 aliphatic carbocycles. The van der Waals surface area contributed by atoms with Crippen molar-refractivity contribution in [3.8, 4) is 0 Å². The molecule has 0 aliphatic heterocycles. The van der Waals surface area contributed by atoms with Crippen LogP contribution < -0.4 is 0 Å². The minimum absolute atomic E-state index is 0.0582. The van der Waals surface area contributed by atoms with Crippen LogP contribution in [0.4, 0.5) is 0 Å². The van der Waals surface area contributed by atoms with Crippen LogP contribution in [0.3, 0.4) is 0 Å². The summed E-state index contributed by atoms with van der Waals surface area (Å²) in [6.07, 6.45) is 5.69. The first kappa shape index (κ1) is 12.9. The molecule has 98 valence electrons. The summed E-state index contributed by atoms with van der Waals surface area (Å²) >= 11 is 7.68. The molecule has 3 rings (SSSR count). The van der Waals surface area contributed by atoms with Gasteiger partial charge in [-0.25, -0.2) is 0 Å². The second kappa shape index (κ2) is 5.10. The number of hydrogen-bond acceptors (Lipinski definition) is 2. The first-order chi connectivity index (χ1) is 9.24. The number of hydrogen-bond donors (Lipinski definition) is 0. The van der Waals surface area contributed by atoms with Gasteiger partial charge in [-0.05, 0) is 47.5 Å². The van der Waals surface area contributed by atoms with Gasteiger partial charge < -0.3 is 0 Å². The van der Waals surface area contributed by atoms with Crippen LogP contribution >= 0.6 is 22.9 Å². The fourth-order valence-corrected chi connectivity index (χ4v) is 4.17. The zero-order valence-corrected chi connectivity index (χ0v) is 12.1. The van der Waals surface area contributed by atoms with Crippen molar-refractivity contribution in [2.75, 3.05) is 0 Å². The Hall–Kier alpha value is -1.12. The SMILES string of the molecule is O=Cc1cc(C2(c3cccc(Cl)c3)CCCC2)cs1. The van der Waals surface area contributed by atoms with E-state index in [1.165, 1.54) is 35.3 Å². The van der Waals surface area contributed by atoms with Crippen LogP contribution in [0.25, 0.3) is 0 Å². The van der Waals surface area contributed by atoms with Crippen LogP contribution in [-0.2, 0) is 5.41 Å². The van der Waals surface area contributed by atoms with Crippen molar-refractivity contribution in [2.45, 2.75) is 31.1 Å². The van der Waals surface area contributed by atoms with Gasteiger partial charge in [-0.2, -0.15) is 0 Å². The Kier molecular flexibility index (Phi) is 3.46. The normalized spacial score (nSPS) is 17.5. The minimum Gasteiger partial charge on any atom is -0.297 e. The van der Waals surface area contributed by atoms with E-state index in [9.17, 15) is 4.79 Å². The molecule has 0 N–H and O–H groups in total. The number of halogens is 1. The lowest BCUT2D eigenvalue weighted by Crippen LogP contribution is -2.22. The van der Waals surface area contributed by atoms with Crippen LogP contribution in [0.2, 0.25) is 5.02 Å². The predicted molar refractivity (Wildman–Crippen MR) is 80.4 cm³/mol. The van der Waals surface area contributed by atoms with Gasteiger partial charge in [-0.15, -0.1) is 11.3 Å². The zero-order chi connectivity index (χ0) is 13.3. The van der Waals surface area contributed by atoms with E-state index in [2.05, 4.69) is 17.5 Å². The molecule has 1 nitrogen and oxygen atoms in total. The standard InChI is InChI=1S/C16H15ClOS/c17-14-5-3-4-12(8-14)16(6-1-2-7-16)13-9-15(10-18)19-11-13/h3-5,8-11H,1-2,6-7H2. The van der Waals surface area contributed by atoms with Gasteiger partial charge in [0.2, 0.25) is 0 Å². The molecular formula is C16H15ClOS. The molecule has 0 bridgehead atoms. The molecule has 0 atom stereocenters. The van der Waals surface area contributed by atoms with E-state index in [-0.39, 0.29) is 5.41 Å². The fourth-order valence-electron chi connectivity index (χ4n) is 3.17. The number of benzene rings is 1. The first-order valence-corrected chi connectivity index (χ1v) is 7.81. The Morgan fingerprint density at radius 2 is 1.95 bits per heavy atom. The number of thiophene rings is 1. The highest BCUT2D eigenvalue weighted by molar-refractivity contribution is 7.11. The van der Waals surface area contributed by atoms with Gasteiger partial charge in [0.05, 0.1) is 4.88 Å². The second-order valence-corrected chi connectivity index (χ2v) is 6.53. The van der Waals surface area contributed by atoms with E-state index in [0.29, 0.717) is 0 Å². The van der Waals surface area contributed by atoms with Crippen molar-refractivity contribution in [1.82, 2.24) is 0 Å². The number of rotatable bonds is 3. The van der Waals surface area contributed by atoms with Gasteiger partial charge in [0, 0.05) is 10.4 Å². The fraction of sp³-hybridized carbons (Fsp3) is 0.312. The van der Waals surface area contributed by atoms with Gasteiger partial charge in [-0.1, -0.05) is 36.6 Å². The van der Waals surface area contributed by atoms with Crippen molar-refractivity contribution >= 4 is 29.2 Å². The predicted octanol–water partition coefficient (Wildman–Crippen LogP) is 5.07. The van der Waals surface area contributed by atoms with E-state index < -0.39 is 0 Å². The molecule has 3 heteroatoms. The Bertz CT molecular complexity index is 596. The molecule has 0 unspecified atom stereocenters. The monoisotopic (exact) mass is 290 g/mol. The highest BCUT2D eigenvalue weighted by Crippen LogP contribution is 2.47. The van der Waals surface area contributed by atoms with Crippen LogP contribution in [0.1, 0.15) is 46.5 Å². The highest BCUT2D eigenvalue weighted by Gasteiger charge is 2.38. The molecule has 1 fully saturated rings. The summed E-state index contributed by atoms with van der Waals surface area (Å²) in [5.41, 5.74) is 2.62. The van der Waals surface area contributed by atoms with Gasteiger partial charge >= 0.3 is 0 Å². The quantitative estimate of drug-likeness (QED) is 0.721. The van der Waals surface area contributed by atoms with E-state index >= 15 is 0 Å². The summed E-state index contributed by atoms with van der Waals surface area (Å²) in [7, 11) is 0. The summed E-state index contributed by atoms with van der Waals surface area (Å²) in [5.74, 6) is 0. The van der Waals surface area contributed by atoms with Gasteiger partial charge in [0.15, 0.2) is 6.29 Å². The van der Waals surface area contributed by atoms with Crippen molar-refractivity contribution in [3.05, 3.63) is 56.7 Å². The van der Waals surface area contributed by atoms with E-state index in [1.807, 2.05) is 18.2 Å². The minimum atomic E-state index is 0.0582. The molecule has 0 saturated heterocycles. The molecule has 1 heterocycles. The smallest absolute Gasteiger partial charge is 0.160 e. The molecule has 0 spiro atoms. The summed E-state index contributed by atoms with van der Waals surface area (Å²) in [5, 5.41) is 2.92. The van der Waals surface area contributed by atoms with E-state index in [4.69, 9.17) is 11.6 Å². The zero-order valence-electron chi connectivity index (χ0n) is 10.6. The molecular weight excluding hydrogens is 276 g/mol. The van der Waals surface area contributed by atoms with Crippen LogP contribution in [0, 0.1) is 0 Å². The highest BCUT2D eigenvalue weighted by atomic mass is 35.5. The van der Waals surface area contributed by atoms with Crippen molar-refractivity contribution in [2.24, 2.45) is 0 Å². The average molecular weight is 291 g/mol. The molecule has 0 radical (unpaired) electrons. The van der Waals surface area contributed by atoms with Crippen molar-refractivity contribution in [3.63, 3.8) is 0 Å². The van der Waals surface area contributed by atoms with Crippen molar-refractivity contribution < 1.29 is 4.79 Å². The number of aldehydes is 1. The Morgan fingerprint density at radius 3 is 2.58 bits per heavy atom. The maximum Gasteiger partial charge on any atom is 0.160 e. The summed E-state index contributed by atoms with van der Waals surface area (Å²) in [6, 6.07) is 10.2.